The smallest absolute Gasteiger partial charge is 0.243 e. The Kier molecular flexibility index (Phi) is 3.97. The second-order valence-electron chi connectivity index (χ2n) is 5.12. The molecule has 1 unspecified atom stereocenters. The van der Waals surface area contributed by atoms with Crippen LogP contribution in [-0.4, -0.2) is 19.4 Å². The van der Waals surface area contributed by atoms with Crippen LogP contribution in [0, 0.1) is 0 Å². The minimum atomic E-state index is -3.64. The molecule has 0 saturated heterocycles. The molecule has 2 aromatic rings. The fourth-order valence-corrected chi connectivity index (χ4v) is 4.38. The van der Waals surface area contributed by atoms with Crippen molar-refractivity contribution in [2.45, 2.75) is 30.2 Å². The van der Waals surface area contributed by atoms with E-state index in [1.54, 1.807) is 6.07 Å². The SMILES string of the molecule is O=S(=O)(NC1CCc2ccccc2C1)c1cccnc1Cl. The standard InChI is InChI=1S/C15H15ClN2O2S/c16-15-14(6-3-9-17-15)21(19,20)18-13-8-7-11-4-1-2-5-12(11)10-13/h1-6,9,13,18H,7-8,10H2. The van der Waals surface area contributed by atoms with Crippen LogP contribution in [0.2, 0.25) is 5.15 Å². The van der Waals surface area contributed by atoms with Crippen molar-refractivity contribution in [3.8, 4) is 0 Å². The maximum absolute atomic E-state index is 12.4. The molecule has 1 atom stereocenters. The van der Waals surface area contributed by atoms with Gasteiger partial charge in [0, 0.05) is 12.2 Å². The molecule has 0 radical (unpaired) electrons. The van der Waals surface area contributed by atoms with Crippen LogP contribution in [-0.2, 0) is 22.9 Å². The molecule has 0 fully saturated rings. The molecule has 1 aromatic carbocycles. The lowest BCUT2D eigenvalue weighted by Gasteiger charge is -2.25. The maximum atomic E-state index is 12.4. The molecule has 0 bridgehead atoms. The van der Waals surface area contributed by atoms with E-state index in [-0.39, 0.29) is 16.1 Å². The first-order chi connectivity index (χ1) is 10.1. The summed E-state index contributed by atoms with van der Waals surface area (Å²) in [5.74, 6) is 0. The number of hydrogen-bond donors (Lipinski definition) is 1. The number of aryl methyl sites for hydroxylation is 1. The van der Waals surface area contributed by atoms with E-state index >= 15 is 0 Å². The van der Waals surface area contributed by atoms with Crippen molar-refractivity contribution in [3.05, 3.63) is 58.9 Å². The Hall–Kier alpha value is -1.43. The first-order valence-corrected chi connectivity index (χ1v) is 8.62. The Balaban J connectivity index is 1.80. The first kappa shape index (κ1) is 14.5. The van der Waals surface area contributed by atoms with Gasteiger partial charge in [0.05, 0.1) is 0 Å². The number of rotatable bonds is 3. The van der Waals surface area contributed by atoms with Crippen molar-refractivity contribution >= 4 is 21.6 Å². The molecule has 1 N–H and O–H groups in total. The second kappa shape index (κ2) is 5.75. The number of sulfonamides is 1. The van der Waals surface area contributed by atoms with Gasteiger partial charge < -0.3 is 0 Å². The highest BCUT2D eigenvalue weighted by Gasteiger charge is 2.25. The van der Waals surface area contributed by atoms with Crippen LogP contribution < -0.4 is 4.72 Å². The molecule has 6 heteroatoms. The Bertz CT molecular complexity index is 762. The number of hydrogen-bond acceptors (Lipinski definition) is 3. The Labute approximate surface area is 129 Å². The summed E-state index contributed by atoms with van der Waals surface area (Å²) in [5.41, 5.74) is 2.50. The van der Waals surface area contributed by atoms with Gasteiger partial charge in [-0.1, -0.05) is 35.9 Å². The van der Waals surface area contributed by atoms with Crippen LogP contribution in [0.3, 0.4) is 0 Å². The summed E-state index contributed by atoms with van der Waals surface area (Å²) in [6.45, 7) is 0. The van der Waals surface area contributed by atoms with Gasteiger partial charge in [0.2, 0.25) is 10.0 Å². The molecule has 1 aliphatic rings. The van der Waals surface area contributed by atoms with E-state index < -0.39 is 10.0 Å². The maximum Gasteiger partial charge on any atom is 0.243 e. The van der Waals surface area contributed by atoms with E-state index in [4.69, 9.17) is 11.6 Å². The molecule has 21 heavy (non-hydrogen) atoms. The zero-order valence-electron chi connectivity index (χ0n) is 11.3. The van der Waals surface area contributed by atoms with Gasteiger partial charge in [-0.2, -0.15) is 0 Å². The zero-order chi connectivity index (χ0) is 14.9. The quantitative estimate of drug-likeness (QED) is 0.884. The number of fused-ring (bicyclic) bond motifs is 1. The molecule has 3 rings (SSSR count). The van der Waals surface area contributed by atoms with Gasteiger partial charge in [-0.05, 0) is 42.5 Å². The Morgan fingerprint density at radius 3 is 2.67 bits per heavy atom. The van der Waals surface area contributed by atoms with Gasteiger partial charge in [0.25, 0.3) is 0 Å². The minimum absolute atomic E-state index is 0.00112. The fraction of sp³-hybridized carbons (Fsp3) is 0.267. The number of aromatic nitrogens is 1. The third kappa shape index (κ3) is 3.10. The van der Waals surface area contributed by atoms with Crippen LogP contribution in [0.25, 0.3) is 0 Å². The summed E-state index contributed by atoms with van der Waals surface area (Å²) in [4.78, 5) is 3.85. The summed E-state index contributed by atoms with van der Waals surface area (Å²) >= 11 is 5.88. The van der Waals surface area contributed by atoms with E-state index in [1.165, 1.54) is 23.4 Å². The third-order valence-corrected chi connectivity index (χ3v) is 5.65. The van der Waals surface area contributed by atoms with Gasteiger partial charge in [-0.3, -0.25) is 0 Å². The summed E-state index contributed by atoms with van der Waals surface area (Å²) in [6, 6.07) is 11.1. The lowest BCUT2D eigenvalue weighted by Crippen LogP contribution is -2.38. The largest absolute Gasteiger partial charge is 0.243 e. The van der Waals surface area contributed by atoms with E-state index in [9.17, 15) is 8.42 Å². The monoisotopic (exact) mass is 322 g/mol. The van der Waals surface area contributed by atoms with Crippen molar-refractivity contribution in [2.75, 3.05) is 0 Å². The normalized spacial score (nSPS) is 18.2. The fourth-order valence-electron chi connectivity index (χ4n) is 2.65. The van der Waals surface area contributed by atoms with Gasteiger partial charge >= 0.3 is 0 Å². The van der Waals surface area contributed by atoms with Crippen molar-refractivity contribution in [1.82, 2.24) is 9.71 Å². The van der Waals surface area contributed by atoms with Crippen LogP contribution in [0.4, 0.5) is 0 Å². The molecule has 1 aliphatic carbocycles. The lowest BCUT2D eigenvalue weighted by molar-refractivity contribution is 0.507. The summed E-state index contributed by atoms with van der Waals surface area (Å²) in [6.07, 6.45) is 3.84. The van der Waals surface area contributed by atoms with Crippen molar-refractivity contribution in [3.63, 3.8) is 0 Å². The molecule has 0 aliphatic heterocycles. The van der Waals surface area contributed by atoms with Crippen LogP contribution >= 0.6 is 11.6 Å². The number of halogens is 1. The van der Waals surface area contributed by atoms with Crippen LogP contribution in [0.5, 0.6) is 0 Å². The molecule has 0 spiro atoms. The highest BCUT2D eigenvalue weighted by atomic mass is 35.5. The van der Waals surface area contributed by atoms with Gasteiger partial charge in [0.1, 0.15) is 10.0 Å². The van der Waals surface area contributed by atoms with Gasteiger partial charge in [0.15, 0.2) is 0 Å². The van der Waals surface area contributed by atoms with Crippen molar-refractivity contribution in [1.29, 1.82) is 0 Å². The highest BCUT2D eigenvalue weighted by molar-refractivity contribution is 7.89. The third-order valence-electron chi connectivity index (χ3n) is 3.68. The molecule has 1 heterocycles. The average Bonchev–Trinajstić information content (AvgIpc) is 2.47. The highest BCUT2D eigenvalue weighted by Crippen LogP contribution is 2.24. The Morgan fingerprint density at radius 2 is 1.90 bits per heavy atom. The van der Waals surface area contributed by atoms with Crippen molar-refractivity contribution in [2.24, 2.45) is 0 Å². The molecular weight excluding hydrogens is 308 g/mol. The topological polar surface area (TPSA) is 59.1 Å². The molecular formula is C15H15ClN2O2S. The summed E-state index contributed by atoms with van der Waals surface area (Å²) in [7, 11) is -3.64. The molecule has 110 valence electrons. The summed E-state index contributed by atoms with van der Waals surface area (Å²) < 4.78 is 27.5. The first-order valence-electron chi connectivity index (χ1n) is 6.76. The molecule has 0 amide bonds. The number of pyridine rings is 1. The zero-order valence-corrected chi connectivity index (χ0v) is 12.9. The Morgan fingerprint density at radius 1 is 1.14 bits per heavy atom. The molecule has 1 aromatic heterocycles. The van der Waals surface area contributed by atoms with Gasteiger partial charge in [-0.15, -0.1) is 0 Å². The minimum Gasteiger partial charge on any atom is -0.243 e. The number of benzene rings is 1. The lowest BCUT2D eigenvalue weighted by atomic mass is 9.89. The van der Waals surface area contributed by atoms with E-state index in [0.29, 0.717) is 6.42 Å². The number of nitrogens with zero attached hydrogens (tertiary/aromatic N) is 1. The van der Waals surface area contributed by atoms with Gasteiger partial charge in [-0.25, -0.2) is 18.1 Å². The number of nitrogens with one attached hydrogen (secondary N) is 1. The van der Waals surface area contributed by atoms with E-state index in [1.807, 2.05) is 18.2 Å². The van der Waals surface area contributed by atoms with E-state index in [0.717, 1.165) is 12.8 Å². The predicted octanol–water partition coefficient (Wildman–Crippen LogP) is 2.57. The van der Waals surface area contributed by atoms with E-state index in [2.05, 4.69) is 15.8 Å². The van der Waals surface area contributed by atoms with Crippen LogP contribution in [0.15, 0.2) is 47.5 Å². The predicted molar refractivity (Wildman–Crippen MR) is 81.8 cm³/mol. The van der Waals surface area contributed by atoms with Crippen LogP contribution in [0.1, 0.15) is 17.5 Å². The average molecular weight is 323 g/mol. The van der Waals surface area contributed by atoms with Crippen molar-refractivity contribution < 1.29 is 8.42 Å². The molecule has 4 nitrogen and oxygen atoms in total. The molecule has 0 saturated carbocycles. The summed E-state index contributed by atoms with van der Waals surface area (Å²) in [5, 5.41) is 0.00112. The second-order valence-corrected chi connectivity index (χ2v) is 7.16.